The second-order valence-corrected chi connectivity index (χ2v) is 8.34. The monoisotopic (exact) mass is 289 g/mol. The summed E-state index contributed by atoms with van der Waals surface area (Å²) >= 11 is 0. The Bertz CT molecular complexity index is 434. The van der Waals surface area contributed by atoms with Crippen LogP contribution in [-0.4, -0.2) is 56.5 Å². The number of ether oxygens (including phenoxy) is 2. The SMILES string of the molecule is CCS(=O)(=O)N1CC[C@]2(C[C@@H](OCC3CC3)CO2)C1. The van der Waals surface area contributed by atoms with Crippen LogP contribution >= 0.6 is 0 Å². The Hall–Kier alpha value is -0.170. The second-order valence-electron chi connectivity index (χ2n) is 6.08. The van der Waals surface area contributed by atoms with Crippen LogP contribution in [0.25, 0.3) is 0 Å². The summed E-state index contributed by atoms with van der Waals surface area (Å²) in [4.78, 5) is 0. The summed E-state index contributed by atoms with van der Waals surface area (Å²) in [7, 11) is -3.08. The topological polar surface area (TPSA) is 55.8 Å². The number of nitrogens with zero attached hydrogens (tertiary/aromatic N) is 1. The summed E-state index contributed by atoms with van der Waals surface area (Å²) in [5.74, 6) is 0.933. The molecule has 1 spiro atoms. The highest BCUT2D eigenvalue weighted by atomic mass is 32.2. The van der Waals surface area contributed by atoms with E-state index < -0.39 is 10.0 Å². The van der Waals surface area contributed by atoms with Gasteiger partial charge in [-0.1, -0.05) is 0 Å². The summed E-state index contributed by atoms with van der Waals surface area (Å²) in [6, 6.07) is 0. The molecule has 2 saturated heterocycles. The zero-order valence-electron chi connectivity index (χ0n) is 11.5. The number of hydrogen-bond donors (Lipinski definition) is 0. The van der Waals surface area contributed by atoms with Crippen LogP contribution in [0.2, 0.25) is 0 Å². The molecule has 1 saturated carbocycles. The largest absolute Gasteiger partial charge is 0.375 e. The molecule has 0 bridgehead atoms. The Morgan fingerprint density at radius 3 is 2.89 bits per heavy atom. The average molecular weight is 289 g/mol. The van der Waals surface area contributed by atoms with Crippen molar-refractivity contribution in [3.05, 3.63) is 0 Å². The van der Waals surface area contributed by atoms with E-state index in [1.54, 1.807) is 11.2 Å². The molecule has 0 aromatic rings. The molecule has 0 N–H and O–H groups in total. The molecule has 2 aliphatic heterocycles. The highest BCUT2D eigenvalue weighted by molar-refractivity contribution is 7.89. The lowest BCUT2D eigenvalue weighted by Crippen LogP contribution is -2.36. The van der Waals surface area contributed by atoms with Gasteiger partial charge in [0.2, 0.25) is 10.0 Å². The molecule has 2 heterocycles. The number of rotatable bonds is 5. The molecule has 0 unspecified atom stereocenters. The van der Waals surface area contributed by atoms with E-state index in [-0.39, 0.29) is 17.5 Å². The van der Waals surface area contributed by atoms with E-state index >= 15 is 0 Å². The molecular weight excluding hydrogens is 266 g/mol. The molecule has 0 radical (unpaired) electrons. The average Bonchev–Trinajstić information content (AvgIpc) is 3.00. The highest BCUT2D eigenvalue weighted by Crippen LogP contribution is 2.38. The Balaban J connectivity index is 1.54. The lowest BCUT2D eigenvalue weighted by atomic mass is 9.98. The van der Waals surface area contributed by atoms with Gasteiger partial charge in [0.05, 0.1) is 24.1 Å². The van der Waals surface area contributed by atoms with Gasteiger partial charge in [-0.2, -0.15) is 4.31 Å². The molecule has 3 rings (SSSR count). The number of sulfonamides is 1. The first-order valence-electron chi connectivity index (χ1n) is 7.26. The predicted octanol–water partition coefficient (Wildman–Crippen LogP) is 0.996. The van der Waals surface area contributed by atoms with Crippen LogP contribution < -0.4 is 0 Å². The third kappa shape index (κ3) is 2.96. The first-order chi connectivity index (χ1) is 9.03. The molecule has 1 aliphatic carbocycles. The van der Waals surface area contributed by atoms with Crippen molar-refractivity contribution in [3.63, 3.8) is 0 Å². The normalized spacial score (nSPS) is 36.4. The van der Waals surface area contributed by atoms with Crippen molar-refractivity contribution in [2.75, 3.05) is 32.1 Å². The molecule has 0 amide bonds. The van der Waals surface area contributed by atoms with E-state index in [0.29, 0.717) is 19.7 Å². The van der Waals surface area contributed by atoms with Crippen molar-refractivity contribution in [2.45, 2.75) is 44.3 Å². The minimum atomic E-state index is -3.08. The first-order valence-corrected chi connectivity index (χ1v) is 8.87. The maximum Gasteiger partial charge on any atom is 0.213 e. The van der Waals surface area contributed by atoms with Crippen LogP contribution in [0, 0.1) is 5.92 Å². The highest BCUT2D eigenvalue weighted by Gasteiger charge is 2.48. The number of hydrogen-bond acceptors (Lipinski definition) is 4. The zero-order valence-corrected chi connectivity index (χ0v) is 12.3. The van der Waals surface area contributed by atoms with Gasteiger partial charge in [-0.3, -0.25) is 0 Å². The lowest BCUT2D eigenvalue weighted by Gasteiger charge is -2.23. The molecule has 110 valence electrons. The summed E-state index contributed by atoms with van der Waals surface area (Å²) in [5, 5.41) is 0. The van der Waals surface area contributed by atoms with Crippen LogP contribution in [0.15, 0.2) is 0 Å². The summed E-state index contributed by atoms with van der Waals surface area (Å²) in [6.45, 7) is 4.25. The summed E-state index contributed by atoms with van der Waals surface area (Å²) < 4.78 is 37.1. The van der Waals surface area contributed by atoms with Crippen LogP contribution in [0.4, 0.5) is 0 Å². The van der Waals surface area contributed by atoms with Crippen molar-refractivity contribution in [3.8, 4) is 0 Å². The van der Waals surface area contributed by atoms with Crippen LogP contribution in [0.5, 0.6) is 0 Å². The second kappa shape index (κ2) is 4.98. The van der Waals surface area contributed by atoms with Crippen molar-refractivity contribution in [2.24, 2.45) is 5.92 Å². The van der Waals surface area contributed by atoms with Gasteiger partial charge in [-0.05, 0) is 32.1 Å². The molecule has 19 heavy (non-hydrogen) atoms. The third-order valence-corrected chi connectivity index (χ3v) is 6.31. The summed E-state index contributed by atoms with van der Waals surface area (Å²) in [6.07, 6.45) is 4.39. The van der Waals surface area contributed by atoms with E-state index in [2.05, 4.69) is 0 Å². The molecule has 5 nitrogen and oxygen atoms in total. The minimum absolute atomic E-state index is 0.157. The van der Waals surface area contributed by atoms with Gasteiger partial charge < -0.3 is 9.47 Å². The molecule has 3 fully saturated rings. The van der Waals surface area contributed by atoms with Crippen LogP contribution in [-0.2, 0) is 19.5 Å². The zero-order chi connectivity index (χ0) is 13.5. The Labute approximate surface area is 115 Å². The predicted molar refractivity (Wildman–Crippen MR) is 71.4 cm³/mol. The first kappa shape index (κ1) is 13.8. The van der Waals surface area contributed by atoms with E-state index in [4.69, 9.17) is 9.47 Å². The smallest absolute Gasteiger partial charge is 0.213 e. The van der Waals surface area contributed by atoms with Crippen LogP contribution in [0.3, 0.4) is 0 Å². The van der Waals surface area contributed by atoms with Crippen molar-refractivity contribution >= 4 is 10.0 Å². The van der Waals surface area contributed by atoms with Crippen LogP contribution in [0.1, 0.15) is 32.6 Å². The van der Waals surface area contributed by atoms with Gasteiger partial charge in [0.1, 0.15) is 0 Å². The van der Waals surface area contributed by atoms with Gasteiger partial charge in [-0.15, -0.1) is 0 Å². The summed E-state index contributed by atoms with van der Waals surface area (Å²) in [5.41, 5.74) is -0.281. The van der Waals surface area contributed by atoms with E-state index in [9.17, 15) is 8.42 Å². The molecule has 0 aromatic heterocycles. The molecule has 3 aliphatic rings. The fourth-order valence-corrected chi connectivity index (χ4v) is 4.15. The maximum absolute atomic E-state index is 11.9. The third-order valence-electron chi connectivity index (χ3n) is 4.48. The maximum atomic E-state index is 11.9. The Morgan fingerprint density at radius 1 is 1.42 bits per heavy atom. The van der Waals surface area contributed by atoms with Crippen molar-refractivity contribution < 1.29 is 17.9 Å². The van der Waals surface area contributed by atoms with E-state index in [1.807, 2.05) is 0 Å². The minimum Gasteiger partial charge on any atom is -0.375 e. The Morgan fingerprint density at radius 2 is 2.21 bits per heavy atom. The fraction of sp³-hybridized carbons (Fsp3) is 1.00. The quantitative estimate of drug-likeness (QED) is 0.757. The van der Waals surface area contributed by atoms with Crippen molar-refractivity contribution in [1.29, 1.82) is 0 Å². The fourth-order valence-electron chi connectivity index (χ4n) is 2.98. The molecule has 0 aromatic carbocycles. The Kier molecular flexibility index (Phi) is 3.62. The van der Waals surface area contributed by atoms with Gasteiger partial charge in [-0.25, -0.2) is 8.42 Å². The van der Waals surface area contributed by atoms with Gasteiger partial charge in [0.25, 0.3) is 0 Å². The van der Waals surface area contributed by atoms with Gasteiger partial charge in [0, 0.05) is 26.1 Å². The molecule has 2 atom stereocenters. The lowest BCUT2D eigenvalue weighted by molar-refractivity contribution is 0.00425. The van der Waals surface area contributed by atoms with E-state index in [1.165, 1.54) is 12.8 Å². The van der Waals surface area contributed by atoms with Gasteiger partial charge in [0.15, 0.2) is 0 Å². The van der Waals surface area contributed by atoms with Crippen molar-refractivity contribution in [1.82, 2.24) is 4.31 Å². The standard InChI is InChI=1S/C13H23NO4S/c1-2-19(15,16)14-6-5-13(10-14)7-12(9-18-13)17-8-11-3-4-11/h11-12H,2-10H2,1H3/t12-,13+/m1/s1. The van der Waals surface area contributed by atoms with Gasteiger partial charge >= 0.3 is 0 Å². The molecular formula is C13H23NO4S. The molecule has 6 heteroatoms. The van der Waals surface area contributed by atoms with E-state index in [0.717, 1.165) is 25.4 Å².